The molecular formula is C4H6F3NO. The monoisotopic (exact) mass is 141 g/mol. The molecule has 0 spiro atoms. The lowest BCUT2D eigenvalue weighted by atomic mass is 10.2. The Balaban J connectivity index is 4.19. The Hall–Kier alpha value is -0.740. The molecule has 0 bridgehead atoms. The molecule has 0 aromatic carbocycles. The molecule has 0 aromatic heterocycles. The molecule has 1 unspecified atom stereocenters. The first-order valence-electron chi connectivity index (χ1n) is 2.21. The molecule has 0 radical (unpaired) electrons. The predicted octanol–water partition coefficient (Wildman–Crippen LogP) is 0.465. The summed E-state index contributed by atoms with van der Waals surface area (Å²) in [6, 6.07) is 0. The van der Waals surface area contributed by atoms with Crippen LogP contribution in [-0.4, -0.2) is 18.0 Å². The van der Waals surface area contributed by atoms with E-state index in [0.717, 1.165) is 0 Å². The number of alkyl halides is 3. The maximum Gasteiger partial charge on any atom is 0.354 e. The van der Waals surface area contributed by atoms with E-state index < -0.39 is 18.0 Å². The van der Waals surface area contributed by atoms with Crippen LogP contribution in [0, 0.1) is 0 Å². The van der Waals surface area contributed by atoms with E-state index in [1.807, 2.05) is 0 Å². The molecule has 54 valence electrons. The van der Waals surface area contributed by atoms with Crippen LogP contribution in [0.25, 0.3) is 0 Å². The number of nitrogens with two attached hydrogens (primary N) is 1. The number of halogens is 3. The fourth-order valence-corrected chi connectivity index (χ4v) is 0.196. The van der Waals surface area contributed by atoms with Gasteiger partial charge in [0.2, 0.25) is 0 Å². The van der Waals surface area contributed by atoms with Crippen LogP contribution in [-0.2, 0) is 4.79 Å². The summed E-state index contributed by atoms with van der Waals surface area (Å²) >= 11 is 0. The van der Waals surface area contributed by atoms with E-state index in [9.17, 15) is 18.0 Å². The molecule has 2 N–H and O–H groups in total. The average Bonchev–Trinajstić information content (AvgIpc) is 1.65. The van der Waals surface area contributed by atoms with Crippen molar-refractivity contribution < 1.29 is 18.0 Å². The van der Waals surface area contributed by atoms with Crippen molar-refractivity contribution in [1.82, 2.24) is 0 Å². The molecule has 0 heterocycles. The minimum absolute atomic E-state index is 0.574. The van der Waals surface area contributed by atoms with E-state index in [1.54, 1.807) is 0 Å². The van der Waals surface area contributed by atoms with E-state index in [0.29, 0.717) is 6.92 Å². The summed E-state index contributed by atoms with van der Waals surface area (Å²) in [6.45, 7) is 0.574. The molecule has 0 saturated heterocycles. The minimum Gasteiger partial charge on any atom is -0.364 e. The maximum atomic E-state index is 11.8. The standard InChI is InChI=1S/C4H6F3NO/c1-2(5)4(6,7)3(8)9/h2H,1H3,(H2,8,9). The van der Waals surface area contributed by atoms with Gasteiger partial charge < -0.3 is 5.73 Å². The van der Waals surface area contributed by atoms with Crippen LogP contribution in [0.1, 0.15) is 6.92 Å². The van der Waals surface area contributed by atoms with Gasteiger partial charge in [-0.15, -0.1) is 0 Å². The Kier molecular flexibility index (Phi) is 2.06. The lowest BCUT2D eigenvalue weighted by molar-refractivity contribution is -0.150. The smallest absolute Gasteiger partial charge is 0.354 e. The first kappa shape index (κ1) is 8.26. The highest BCUT2D eigenvalue weighted by atomic mass is 19.3. The highest BCUT2D eigenvalue weighted by Gasteiger charge is 2.43. The van der Waals surface area contributed by atoms with Gasteiger partial charge in [0.25, 0.3) is 5.91 Å². The van der Waals surface area contributed by atoms with Gasteiger partial charge in [-0.1, -0.05) is 0 Å². The van der Waals surface area contributed by atoms with Crippen LogP contribution in [0.4, 0.5) is 13.2 Å². The van der Waals surface area contributed by atoms with Crippen LogP contribution in [0.5, 0.6) is 0 Å². The van der Waals surface area contributed by atoms with Crippen LogP contribution in [0.15, 0.2) is 0 Å². The summed E-state index contributed by atoms with van der Waals surface area (Å²) in [5.41, 5.74) is 4.14. The molecule has 0 aliphatic rings. The van der Waals surface area contributed by atoms with Gasteiger partial charge in [-0.3, -0.25) is 4.79 Å². The highest BCUT2D eigenvalue weighted by Crippen LogP contribution is 2.19. The third-order valence-electron chi connectivity index (χ3n) is 0.828. The molecule has 0 rings (SSSR count). The Morgan fingerprint density at radius 1 is 1.67 bits per heavy atom. The fraction of sp³-hybridized carbons (Fsp3) is 0.750. The zero-order valence-electron chi connectivity index (χ0n) is 4.70. The fourth-order valence-electron chi connectivity index (χ4n) is 0.196. The van der Waals surface area contributed by atoms with E-state index in [2.05, 4.69) is 5.73 Å². The summed E-state index contributed by atoms with van der Waals surface area (Å²) in [7, 11) is 0. The number of carbonyl (C=O) groups is 1. The van der Waals surface area contributed by atoms with E-state index in [-0.39, 0.29) is 0 Å². The highest BCUT2D eigenvalue weighted by molar-refractivity contribution is 5.82. The van der Waals surface area contributed by atoms with Crippen LogP contribution in [0.3, 0.4) is 0 Å². The number of hydrogen-bond acceptors (Lipinski definition) is 1. The zero-order valence-corrected chi connectivity index (χ0v) is 4.70. The quantitative estimate of drug-likeness (QED) is 0.596. The SMILES string of the molecule is CC(F)C(F)(F)C(N)=O. The summed E-state index contributed by atoms with van der Waals surface area (Å²) in [6.07, 6.45) is -2.52. The molecule has 0 aliphatic heterocycles. The van der Waals surface area contributed by atoms with Crippen molar-refractivity contribution in [2.45, 2.75) is 19.0 Å². The Morgan fingerprint density at radius 3 is 2.00 bits per heavy atom. The van der Waals surface area contributed by atoms with Crippen molar-refractivity contribution >= 4 is 5.91 Å². The molecule has 5 heteroatoms. The summed E-state index contributed by atoms with van der Waals surface area (Å²) in [5.74, 6) is -5.96. The normalized spacial score (nSPS) is 15.1. The van der Waals surface area contributed by atoms with Gasteiger partial charge in [0.05, 0.1) is 0 Å². The van der Waals surface area contributed by atoms with Gasteiger partial charge in [-0.05, 0) is 6.92 Å². The Labute approximate surface area is 49.8 Å². The number of rotatable bonds is 2. The van der Waals surface area contributed by atoms with Gasteiger partial charge in [0, 0.05) is 0 Å². The second kappa shape index (κ2) is 2.24. The Morgan fingerprint density at radius 2 is 2.00 bits per heavy atom. The number of amides is 1. The molecule has 2 nitrogen and oxygen atoms in total. The molecule has 1 atom stereocenters. The maximum absolute atomic E-state index is 11.8. The zero-order chi connectivity index (χ0) is 7.65. The van der Waals surface area contributed by atoms with Crippen LogP contribution in [0.2, 0.25) is 0 Å². The average molecular weight is 141 g/mol. The van der Waals surface area contributed by atoms with Crippen molar-refractivity contribution in [3.05, 3.63) is 0 Å². The van der Waals surface area contributed by atoms with E-state index in [1.165, 1.54) is 0 Å². The Bertz CT molecular complexity index is 123. The second-order valence-corrected chi connectivity index (χ2v) is 1.60. The number of carbonyl (C=O) groups excluding carboxylic acids is 1. The summed E-state index contributed by atoms with van der Waals surface area (Å²) < 4.78 is 35.3. The van der Waals surface area contributed by atoms with Gasteiger partial charge in [-0.2, -0.15) is 8.78 Å². The van der Waals surface area contributed by atoms with Gasteiger partial charge >= 0.3 is 5.92 Å². The number of hydrogen-bond donors (Lipinski definition) is 1. The third-order valence-corrected chi connectivity index (χ3v) is 0.828. The van der Waals surface area contributed by atoms with Gasteiger partial charge in [-0.25, -0.2) is 4.39 Å². The van der Waals surface area contributed by atoms with Crippen molar-refractivity contribution in [2.24, 2.45) is 5.73 Å². The molecule has 9 heavy (non-hydrogen) atoms. The second-order valence-electron chi connectivity index (χ2n) is 1.60. The largest absolute Gasteiger partial charge is 0.364 e. The first-order chi connectivity index (χ1) is 3.89. The molecule has 0 aromatic rings. The molecule has 0 fully saturated rings. The van der Waals surface area contributed by atoms with E-state index >= 15 is 0 Å². The summed E-state index contributed by atoms with van der Waals surface area (Å²) in [4.78, 5) is 9.69. The molecule has 0 aliphatic carbocycles. The molecule has 1 amide bonds. The van der Waals surface area contributed by atoms with Crippen molar-refractivity contribution in [1.29, 1.82) is 0 Å². The van der Waals surface area contributed by atoms with Crippen LogP contribution >= 0.6 is 0 Å². The third kappa shape index (κ3) is 1.58. The van der Waals surface area contributed by atoms with Gasteiger partial charge in [0.15, 0.2) is 6.17 Å². The summed E-state index contributed by atoms with van der Waals surface area (Å²) in [5, 5.41) is 0. The minimum atomic E-state index is -4.03. The number of primary amides is 1. The van der Waals surface area contributed by atoms with E-state index in [4.69, 9.17) is 0 Å². The van der Waals surface area contributed by atoms with Crippen molar-refractivity contribution in [2.75, 3.05) is 0 Å². The van der Waals surface area contributed by atoms with Gasteiger partial charge in [0.1, 0.15) is 0 Å². The van der Waals surface area contributed by atoms with Crippen LogP contribution < -0.4 is 5.73 Å². The topological polar surface area (TPSA) is 43.1 Å². The predicted molar refractivity (Wildman–Crippen MR) is 24.7 cm³/mol. The first-order valence-corrected chi connectivity index (χ1v) is 2.21. The van der Waals surface area contributed by atoms with Crippen molar-refractivity contribution in [3.63, 3.8) is 0 Å². The van der Waals surface area contributed by atoms with Crippen molar-refractivity contribution in [3.8, 4) is 0 Å². The molecule has 0 saturated carbocycles. The molecular weight excluding hydrogens is 135 g/mol. The lowest BCUT2D eigenvalue weighted by Crippen LogP contribution is -2.42. The lowest BCUT2D eigenvalue weighted by Gasteiger charge is -2.11.